The van der Waals surface area contributed by atoms with Crippen LogP contribution in [0.4, 0.5) is 8.78 Å². The van der Waals surface area contributed by atoms with Crippen molar-refractivity contribution >= 4 is 23.2 Å². The van der Waals surface area contributed by atoms with E-state index in [1.165, 1.54) is 12.1 Å². The van der Waals surface area contributed by atoms with Gasteiger partial charge >= 0.3 is 6.61 Å². The smallest absolute Gasteiger partial charge is 0.387 e. The Morgan fingerprint density at radius 1 is 1.22 bits per heavy atom. The van der Waals surface area contributed by atoms with Crippen molar-refractivity contribution in [2.24, 2.45) is 4.99 Å². The number of hydrogen-bond acceptors (Lipinski definition) is 4. The van der Waals surface area contributed by atoms with Crippen molar-refractivity contribution in [3.8, 4) is 5.75 Å². The first kappa shape index (κ1) is 18.8. The summed E-state index contributed by atoms with van der Waals surface area (Å²) >= 11 is 5.95. The van der Waals surface area contributed by atoms with Crippen LogP contribution >= 0.6 is 11.6 Å². The number of fused-ring (bicyclic) bond motifs is 1. The summed E-state index contributed by atoms with van der Waals surface area (Å²) in [6.45, 7) is -2.34. The molecule has 10 heteroatoms. The van der Waals surface area contributed by atoms with E-state index in [2.05, 4.69) is 30.6 Å². The van der Waals surface area contributed by atoms with E-state index in [0.29, 0.717) is 28.9 Å². The van der Waals surface area contributed by atoms with Gasteiger partial charge in [-0.25, -0.2) is 0 Å². The van der Waals surface area contributed by atoms with Gasteiger partial charge in [0, 0.05) is 30.4 Å². The van der Waals surface area contributed by atoms with Crippen molar-refractivity contribution in [3.63, 3.8) is 0 Å². The first-order valence-corrected chi connectivity index (χ1v) is 8.41. The summed E-state index contributed by atoms with van der Waals surface area (Å²) < 4.78 is 31.5. The molecule has 2 aromatic heterocycles. The third kappa shape index (κ3) is 4.82. The van der Waals surface area contributed by atoms with E-state index in [4.69, 9.17) is 11.6 Å². The Morgan fingerprint density at radius 2 is 2.04 bits per heavy atom. The van der Waals surface area contributed by atoms with Crippen LogP contribution in [0.1, 0.15) is 11.4 Å². The monoisotopic (exact) mass is 394 g/mol. The molecule has 3 rings (SSSR count). The number of nitrogens with zero attached hydrogens (tertiary/aromatic N) is 4. The summed E-state index contributed by atoms with van der Waals surface area (Å²) in [5.41, 5.74) is 1.23. The number of ether oxygens (including phenoxy) is 1. The van der Waals surface area contributed by atoms with Crippen molar-refractivity contribution in [2.75, 3.05) is 7.05 Å². The number of guanidine groups is 1. The van der Waals surface area contributed by atoms with Crippen molar-refractivity contribution in [2.45, 2.75) is 19.7 Å². The highest BCUT2D eigenvalue weighted by Gasteiger charge is 2.11. The molecule has 0 radical (unpaired) electrons. The van der Waals surface area contributed by atoms with Crippen LogP contribution in [0.3, 0.4) is 0 Å². The predicted octanol–water partition coefficient (Wildman–Crippen LogP) is 2.85. The second-order valence-electron chi connectivity index (χ2n) is 5.45. The molecule has 0 aliphatic heterocycles. The van der Waals surface area contributed by atoms with Crippen LogP contribution in [-0.2, 0) is 13.1 Å². The molecule has 1 aromatic carbocycles. The molecule has 0 aliphatic carbocycles. The zero-order valence-electron chi connectivity index (χ0n) is 14.4. The van der Waals surface area contributed by atoms with Crippen LogP contribution in [0.15, 0.2) is 47.6 Å². The first-order chi connectivity index (χ1) is 13.1. The zero-order chi connectivity index (χ0) is 19.2. The molecule has 2 N–H and O–H groups in total. The lowest BCUT2D eigenvalue weighted by Gasteiger charge is -2.14. The Labute approximate surface area is 159 Å². The fraction of sp³-hybridized carbons (Fsp3) is 0.235. The molecule has 0 saturated heterocycles. The van der Waals surface area contributed by atoms with Gasteiger partial charge in [-0.2, -0.15) is 8.78 Å². The highest BCUT2D eigenvalue weighted by molar-refractivity contribution is 6.30. The maximum Gasteiger partial charge on any atom is 0.387 e. The third-order valence-electron chi connectivity index (χ3n) is 3.71. The Hall–Kier alpha value is -2.94. The molecule has 0 spiro atoms. The fourth-order valence-electron chi connectivity index (χ4n) is 2.47. The normalized spacial score (nSPS) is 11.8. The number of nitrogens with one attached hydrogen (secondary N) is 2. The summed E-state index contributed by atoms with van der Waals surface area (Å²) in [6.07, 6.45) is 1.86. The van der Waals surface area contributed by atoms with E-state index in [0.717, 1.165) is 5.65 Å². The molecular weight excluding hydrogens is 378 g/mol. The highest BCUT2D eigenvalue weighted by Crippen LogP contribution is 2.24. The largest absolute Gasteiger partial charge is 0.434 e. The summed E-state index contributed by atoms with van der Waals surface area (Å²) in [5.74, 6) is 1.23. The molecule has 0 saturated carbocycles. The van der Waals surface area contributed by atoms with Gasteiger partial charge in [0.15, 0.2) is 17.4 Å². The van der Waals surface area contributed by atoms with Crippen molar-refractivity contribution < 1.29 is 13.5 Å². The number of hydrogen-bond donors (Lipinski definition) is 2. The average molecular weight is 395 g/mol. The van der Waals surface area contributed by atoms with Gasteiger partial charge in [-0.3, -0.25) is 9.39 Å². The number of rotatable bonds is 6. The van der Waals surface area contributed by atoms with Gasteiger partial charge in [0.1, 0.15) is 5.75 Å². The van der Waals surface area contributed by atoms with Crippen LogP contribution in [0.5, 0.6) is 5.75 Å². The molecule has 27 heavy (non-hydrogen) atoms. The van der Waals surface area contributed by atoms with E-state index in [1.54, 1.807) is 13.1 Å². The van der Waals surface area contributed by atoms with Gasteiger partial charge < -0.3 is 15.4 Å². The van der Waals surface area contributed by atoms with E-state index in [9.17, 15) is 8.78 Å². The van der Waals surface area contributed by atoms with Crippen molar-refractivity contribution in [1.29, 1.82) is 0 Å². The molecule has 0 fully saturated rings. The molecule has 0 aliphatic rings. The number of halogens is 3. The van der Waals surface area contributed by atoms with Crippen molar-refractivity contribution in [3.05, 3.63) is 59.0 Å². The first-order valence-electron chi connectivity index (χ1n) is 8.03. The highest BCUT2D eigenvalue weighted by atomic mass is 35.5. The van der Waals surface area contributed by atoms with Gasteiger partial charge in [-0.1, -0.05) is 17.7 Å². The van der Waals surface area contributed by atoms with Crippen LogP contribution < -0.4 is 15.4 Å². The fourth-order valence-corrected chi connectivity index (χ4v) is 2.67. The van der Waals surface area contributed by atoms with Crippen LogP contribution in [-0.4, -0.2) is 34.2 Å². The Kier molecular flexibility index (Phi) is 6.02. The zero-order valence-corrected chi connectivity index (χ0v) is 15.1. The lowest BCUT2D eigenvalue weighted by molar-refractivity contribution is -0.0504. The number of alkyl halides is 2. The maximum atomic E-state index is 12.5. The van der Waals surface area contributed by atoms with Gasteiger partial charge in [-0.15, -0.1) is 10.2 Å². The predicted molar refractivity (Wildman–Crippen MR) is 98.1 cm³/mol. The molecule has 0 bridgehead atoms. The molecule has 0 amide bonds. The average Bonchev–Trinajstić information content (AvgIpc) is 3.07. The molecular formula is C17H17ClF2N6O. The third-order valence-corrected chi connectivity index (χ3v) is 3.94. The molecule has 7 nitrogen and oxygen atoms in total. The summed E-state index contributed by atoms with van der Waals surface area (Å²) in [5, 5.41) is 14.8. The minimum absolute atomic E-state index is 0.0563. The molecule has 142 valence electrons. The lowest BCUT2D eigenvalue weighted by Crippen LogP contribution is -2.36. The molecule has 0 unspecified atom stereocenters. The Balaban J connectivity index is 1.64. The maximum absolute atomic E-state index is 12.5. The SMILES string of the molecule is CN=C(NCc1cc(Cl)ccc1OC(F)F)NCc1nnc2ccccn12. The molecule has 3 aromatic rings. The van der Waals surface area contributed by atoms with E-state index in [1.807, 2.05) is 28.8 Å². The summed E-state index contributed by atoms with van der Waals surface area (Å²) in [7, 11) is 1.60. The van der Waals surface area contributed by atoms with Crippen LogP contribution in [0.2, 0.25) is 5.02 Å². The van der Waals surface area contributed by atoms with Gasteiger partial charge in [-0.05, 0) is 30.3 Å². The van der Waals surface area contributed by atoms with Gasteiger partial charge in [0.25, 0.3) is 0 Å². The number of aliphatic imine (C=N–C) groups is 1. The number of aromatic nitrogens is 3. The van der Waals surface area contributed by atoms with E-state index >= 15 is 0 Å². The minimum atomic E-state index is -2.91. The number of pyridine rings is 1. The summed E-state index contributed by atoms with van der Waals surface area (Å²) in [4.78, 5) is 4.11. The molecule has 2 heterocycles. The topological polar surface area (TPSA) is 75.8 Å². The Bertz CT molecular complexity index is 946. The quantitative estimate of drug-likeness (QED) is 0.496. The van der Waals surface area contributed by atoms with Crippen LogP contribution in [0, 0.1) is 0 Å². The van der Waals surface area contributed by atoms with Gasteiger partial charge in [0.05, 0.1) is 6.54 Å². The standard InChI is InChI=1S/C17H17ClF2N6O/c1-21-17(23-10-15-25-24-14-4-2-3-7-26(14)15)22-9-11-8-12(18)5-6-13(11)27-16(19)20/h2-8,16H,9-10H2,1H3,(H2,21,22,23). The summed E-state index contributed by atoms with van der Waals surface area (Å²) in [6, 6.07) is 10.1. The van der Waals surface area contributed by atoms with E-state index in [-0.39, 0.29) is 12.3 Å². The Morgan fingerprint density at radius 3 is 2.81 bits per heavy atom. The van der Waals surface area contributed by atoms with Crippen LogP contribution in [0.25, 0.3) is 5.65 Å². The lowest BCUT2D eigenvalue weighted by atomic mass is 10.2. The van der Waals surface area contributed by atoms with E-state index < -0.39 is 6.61 Å². The second kappa shape index (κ2) is 8.63. The minimum Gasteiger partial charge on any atom is -0.434 e. The van der Waals surface area contributed by atoms with Gasteiger partial charge in [0.2, 0.25) is 0 Å². The van der Waals surface area contributed by atoms with Crippen molar-refractivity contribution in [1.82, 2.24) is 25.2 Å². The molecule has 0 atom stereocenters. The number of benzene rings is 1. The second-order valence-corrected chi connectivity index (χ2v) is 5.89.